The van der Waals surface area contributed by atoms with E-state index < -0.39 is 15.6 Å². The number of hydrogen-bond donors (Lipinski definition) is 2. The van der Waals surface area contributed by atoms with Crippen LogP contribution in [0.1, 0.15) is 18.4 Å². The summed E-state index contributed by atoms with van der Waals surface area (Å²) in [6, 6.07) is 13.7. The normalized spacial score (nSPS) is 19.0. The molecule has 0 saturated heterocycles. The molecule has 2 aromatic rings. The Morgan fingerprint density at radius 1 is 1.04 bits per heavy atom. The lowest BCUT2D eigenvalue weighted by atomic mass is 9.89. The first-order valence-electron chi connectivity index (χ1n) is 8.66. The Kier molecular flexibility index (Phi) is 4.38. The lowest BCUT2D eigenvalue weighted by molar-refractivity contribution is 0.0185. The van der Waals surface area contributed by atoms with Crippen molar-refractivity contribution in [3.63, 3.8) is 0 Å². The lowest BCUT2D eigenvalue weighted by Gasteiger charge is -2.29. The molecule has 2 N–H and O–H groups in total. The monoisotopic (exact) mass is 375 g/mol. The maximum Gasteiger partial charge on any atom is 0.240 e. The average molecular weight is 375 g/mol. The fourth-order valence-electron chi connectivity index (χ4n) is 3.25. The number of rotatable bonds is 6. The molecule has 26 heavy (non-hydrogen) atoms. The van der Waals surface area contributed by atoms with Crippen molar-refractivity contribution in [2.45, 2.75) is 23.3 Å². The summed E-state index contributed by atoms with van der Waals surface area (Å²) in [4.78, 5) is 0.0907. The molecule has 4 rings (SSSR count). The molecule has 0 spiro atoms. The second-order valence-electron chi connectivity index (χ2n) is 6.69. The first-order chi connectivity index (χ1) is 12.5. The Morgan fingerprint density at radius 3 is 2.42 bits per heavy atom. The maximum atomic E-state index is 12.7. The summed E-state index contributed by atoms with van der Waals surface area (Å²) in [5.41, 5.74) is -0.477. The summed E-state index contributed by atoms with van der Waals surface area (Å²) in [5.74, 6) is 1.02. The molecule has 7 heteroatoms. The number of hydrogen-bond acceptors (Lipinski definition) is 5. The Labute approximate surface area is 152 Å². The Bertz CT molecular complexity index is 895. The summed E-state index contributed by atoms with van der Waals surface area (Å²) in [6.07, 6.45) is 1.77. The molecule has 1 atom stereocenters. The highest BCUT2D eigenvalue weighted by Crippen LogP contribution is 2.45. The van der Waals surface area contributed by atoms with E-state index in [9.17, 15) is 13.5 Å². The topological polar surface area (TPSA) is 84.9 Å². The van der Waals surface area contributed by atoms with E-state index in [0.29, 0.717) is 24.7 Å². The molecule has 1 fully saturated rings. The fraction of sp³-hybridized carbons (Fsp3) is 0.368. The van der Waals surface area contributed by atoms with Crippen molar-refractivity contribution in [1.82, 2.24) is 4.72 Å². The Morgan fingerprint density at radius 2 is 1.73 bits per heavy atom. The molecule has 0 aromatic heterocycles. The molecule has 2 aliphatic rings. The smallest absolute Gasteiger partial charge is 0.240 e. The minimum atomic E-state index is -3.79. The third kappa shape index (κ3) is 3.30. The van der Waals surface area contributed by atoms with Crippen molar-refractivity contribution < 1.29 is 23.0 Å². The molecule has 138 valence electrons. The number of ether oxygens (including phenoxy) is 2. The molecule has 1 saturated carbocycles. The van der Waals surface area contributed by atoms with Gasteiger partial charge in [-0.15, -0.1) is 0 Å². The van der Waals surface area contributed by atoms with Crippen molar-refractivity contribution in [1.29, 1.82) is 0 Å². The van der Waals surface area contributed by atoms with Gasteiger partial charge < -0.3 is 14.6 Å². The number of fused-ring (bicyclic) bond motifs is 1. The molecule has 1 aliphatic carbocycles. The Balaban J connectivity index is 1.56. The van der Waals surface area contributed by atoms with Crippen molar-refractivity contribution in [3.8, 4) is 11.5 Å². The number of nitrogens with one attached hydrogen (secondary N) is 1. The largest absolute Gasteiger partial charge is 0.486 e. The highest BCUT2D eigenvalue weighted by atomic mass is 32.2. The number of sulfonamides is 1. The zero-order valence-electron chi connectivity index (χ0n) is 14.2. The van der Waals surface area contributed by atoms with E-state index >= 15 is 0 Å². The van der Waals surface area contributed by atoms with E-state index in [1.807, 2.05) is 30.3 Å². The second-order valence-corrected chi connectivity index (χ2v) is 8.46. The third-order valence-corrected chi connectivity index (χ3v) is 6.28. The molecule has 1 aliphatic heterocycles. The van der Waals surface area contributed by atoms with Crippen molar-refractivity contribution in [2.75, 3.05) is 19.8 Å². The number of aliphatic hydroxyl groups is 1. The SMILES string of the molecule is O=S(=O)(NCC(O)(c1ccccc1)C1CC1)c1ccc2c(c1)OCCO2. The van der Waals surface area contributed by atoms with E-state index in [4.69, 9.17) is 9.47 Å². The Hall–Kier alpha value is -2.09. The van der Waals surface area contributed by atoms with Crippen LogP contribution in [0.4, 0.5) is 0 Å². The van der Waals surface area contributed by atoms with Crippen molar-refractivity contribution >= 4 is 10.0 Å². The van der Waals surface area contributed by atoms with Gasteiger partial charge in [0.25, 0.3) is 0 Å². The first-order valence-corrected chi connectivity index (χ1v) is 10.1. The van der Waals surface area contributed by atoms with Crippen LogP contribution in [0.15, 0.2) is 53.4 Å². The summed E-state index contributed by atoms with van der Waals surface area (Å²) in [7, 11) is -3.79. The fourth-order valence-corrected chi connectivity index (χ4v) is 4.34. The van der Waals surface area contributed by atoms with Gasteiger partial charge in [0.2, 0.25) is 10.0 Å². The standard InChI is InChI=1S/C19H21NO5S/c21-19(15-6-7-15,14-4-2-1-3-5-14)13-20-26(22,23)16-8-9-17-18(12-16)25-11-10-24-17/h1-5,8-9,12,15,20-21H,6-7,10-11,13H2. The molecule has 0 radical (unpaired) electrons. The highest BCUT2D eigenvalue weighted by molar-refractivity contribution is 7.89. The molecule has 2 aromatic carbocycles. The lowest BCUT2D eigenvalue weighted by Crippen LogP contribution is -2.42. The van der Waals surface area contributed by atoms with Gasteiger partial charge in [-0.05, 0) is 36.5 Å². The van der Waals surface area contributed by atoms with Crippen LogP contribution >= 0.6 is 0 Å². The van der Waals surface area contributed by atoms with Gasteiger partial charge in [-0.3, -0.25) is 0 Å². The van der Waals surface area contributed by atoms with E-state index in [2.05, 4.69) is 4.72 Å². The minimum Gasteiger partial charge on any atom is -0.486 e. The van der Waals surface area contributed by atoms with E-state index in [1.54, 1.807) is 6.07 Å². The predicted molar refractivity (Wildman–Crippen MR) is 95.7 cm³/mol. The van der Waals surface area contributed by atoms with Crippen LogP contribution < -0.4 is 14.2 Å². The van der Waals surface area contributed by atoms with Crippen LogP contribution in [0, 0.1) is 5.92 Å². The van der Waals surface area contributed by atoms with Gasteiger partial charge in [0.15, 0.2) is 11.5 Å². The maximum absolute atomic E-state index is 12.7. The molecule has 1 unspecified atom stereocenters. The van der Waals surface area contributed by atoms with Crippen molar-refractivity contribution in [3.05, 3.63) is 54.1 Å². The van der Waals surface area contributed by atoms with E-state index in [1.165, 1.54) is 12.1 Å². The van der Waals surface area contributed by atoms with Gasteiger partial charge in [0.05, 0.1) is 4.90 Å². The molecule has 0 bridgehead atoms. The summed E-state index contributed by atoms with van der Waals surface area (Å²) < 4.78 is 38.9. The van der Waals surface area contributed by atoms with Gasteiger partial charge in [-0.25, -0.2) is 13.1 Å². The second kappa shape index (κ2) is 6.57. The predicted octanol–water partition coefficient (Wildman–Crippen LogP) is 2.03. The molecule has 0 amide bonds. The van der Waals surface area contributed by atoms with Gasteiger partial charge in [0, 0.05) is 12.6 Å². The molecular weight excluding hydrogens is 354 g/mol. The van der Waals surface area contributed by atoms with Crippen LogP contribution in [-0.4, -0.2) is 33.3 Å². The third-order valence-electron chi connectivity index (χ3n) is 4.88. The van der Waals surface area contributed by atoms with E-state index in [0.717, 1.165) is 18.4 Å². The van der Waals surface area contributed by atoms with Crippen LogP contribution in [0.3, 0.4) is 0 Å². The van der Waals surface area contributed by atoms with Gasteiger partial charge in [0.1, 0.15) is 18.8 Å². The molecule has 6 nitrogen and oxygen atoms in total. The number of benzene rings is 2. The summed E-state index contributed by atoms with van der Waals surface area (Å²) in [6.45, 7) is 0.765. The van der Waals surface area contributed by atoms with Gasteiger partial charge in [-0.2, -0.15) is 0 Å². The highest BCUT2D eigenvalue weighted by Gasteiger charge is 2.45. The zero-order chi connectivity index (χ0) is 18.2. The first kappa shape index (κ1) is 17.3. The summed E-state index contributed by atoms with van der Waals surface area (Å²) in [5, 5.41) is 11.2. The van der Waals surface area contributed by atoms with E-state index in [-0.39, 0.29) is 17.4 Å². The van der Waals surface area contributed by atoms with Crippen LogP contribution in [-0.2, 0) is 15.6 Å². The van der Waals surface area contributed by atoms with Gasteiger partial charge in [-0.1, -0.05) is 30.3 Å². The molecule has 1 heterocycles. The van der Waals surface area contributed by atoms with Gasteiger partial charge >= 0.3 is 0 Å². The minimum absolute atomic E-state index is 0.0628. The summed E-state index contributed by atoms with van der Waals surface area (Å²) >= 11 is 0. The van der Waals surface area contributed by atoms with Crippen LogP contribution in [0.25, 0.3) is 0 Å². The van der Waals surface area contributed by atoms with Crippen LogP contribution in [0.2, 0.25) is 0 Å². The zero-order valence-corrected chi connectivity index (χ0v) is 15.0. The van der Waals surface area contributed by atoms with Crippen molar-refractivity contribution in [2.24, 2.45) is 5.92 Å². The molecular formula is C19H21NO5S. The average Bonchev–Trinajstić information content (AvgIpc) is 3.52. The quantitative estimate of drug-likeness (QED) is 0.807. The van der Waals surface area contributed by atoms with Crippen LogP contribution in [0.5, 0.6) is 11.5 Å².